The molecule has 4 amide bonds. The number of urea groups is 1. The molecule has 1 aromatic rings. The first-order valence-corrected chi connectivity index (χ1v) is 9.24. The number of aryl methyl sites for hydroxylation is 2. The van der Waals surface area contributed by atoms with Gasteiger partial charge >= 0.3 is 6.03 Å². The molecule has 3 rings (SSSR count). The van der Waals surface area contributed by atoms with Crippen molar-refractivity contribution in [3.8, 4) is 0 Å². The molecule has 1 heterocycles. The van der Waals surface area contributed by atoms with Gasteiger partial charge in [0.1, 0.15) is 12.1 Å². The highest BCUT2D eigenvalue weighted by Gasteiger charge is 2.49. The van der Waals surface area contributed by atoms with E-state index in [1.54, 1.807) is 6.92 Å². The van der Waals surface area contributed by atoms with Crippen LogP contribution in [-0.2, 0) is 28.0 Å². The van der Waals surface area contributed by atoms with E-state index in [0.717, 1.165) is 36.1 Å². The number of hydrogen-bond donors (Lipinski definition) is 2. The summed E-state index contributed by atoms with van der Waals surface area (Å²) in [5.41, 5.74) is 1.82. The average molecular weight is 357 g/mol. The van der Waals surface area contributed by atoms with Crippen LogP contribution in [0.5, 0.6) is 0 Å². The molecule has 1 fully saturated rings. The average Bonchev–Trinajstić information content (AvgIpc) is 3.13. The first-order chi connectivity index (χ1) is 12.2. The number of fused-ring (bicyclic) bond motifs is 1. The number of amides is 4. The summed E-state index contributed by atoms with van der Waals surface area (Å²) in [6.45, 7) is 7.22. The van der Waals surface area contributed by atoms with Crippen molar-refractivity contribution in [3.05, 3.63) is 34.9 Å². The second kappa shape index (κ2) is 6.41. The third-order valence-electron chi connectivity index (χ3n) is 5.61. The summed E-state index contributed by atoms with van der Waals surface area (Å²) >= 11 is 0. The summed E-state index contributed by atoms with van der Waals surface area (Å²) in [4.78, 5) is 38.7. The number of rotatable bonds is 5. The lowest BCUT2D eigenvalue weighted by atomic mass is 9.89. The monoisotopic (exact) mass is 357 g/mol. The second-order valence-electron chi connectivity index (χ2n) is 8.07. The van der Waals surface area contributed by atoms with E-state index in [-0.39, 0.29) is 23.9 Å². The van der Waals surface area contributed by atoms with Gasteiger partial charge in [0.25, 0.3) is 5.91 Å². The number of benzene rings is 1. The Labute approximate surface area is 154 Å². The smallest absolute Gasteiger partial charge is 0.325 e. The Kier molecular flexibility index (Phi) is 4.54. The van der Waals surface area contributed by atoms with E-state index in [4.69, 9.17) is 0 Å². The maximum atomic E-state index is 13.0. The third-order valence-corrected chi connectivity index (χ3v) is 5.61. The van der Waals surface area contributed by atoms with Crippen LogP contribution >= 0.6 is 0 Å². The quantitative estimate of drug-likeness (QED) is 0.794. The molecule has 2 aliphatic rings. The van der Waals surface area contributed by atoms with Crippen LogP contribution in [0.25, 0.3) is 0 Å². The Balaban J connectivity index is 1.79. The highest BCUT2D eigenvalue weighted by Crippen LogP contribution is 2.32. The fourth-order valence-electron chi connectivity index (χ4n) is 3.57. The molecule has 1 atom stereocenters. The van der Waals surface area contributed by atoms with E-state index >= 15 is 0 Å². The van der Waals surface area contributed by atoms with Crippen LogP contribution in [0.2, 0.25) is 0 Å². The molecule has 1 unspecified atom stereocenters. The van der Waals surface area contributed by atoms with Crippen LogP contribution in [0, 0.1) is 0 Å². The highest BCUT2D eigenvalue weighted by molar-refractivity contribution is 6.09. The first-order valence-electron chi connectivity index (χ1n) is 9.24. The molecule has 6 heteroatoms. The molecule has 1 aliphatic carbocycles. The SMILES string of the molecule is CCC(C)(C)NC(=O)CN1C(=O)NC(C)(c2ccc3c(c2)CCC3)C1=O. The van der Waals surface area contributed by atoms with Crippen molar-refractivity contribution in [1.82, 2.24) is 15.5 Å². The molecule has 26 heavy (non-hydrogen) atoms. The third kappa shape index (κ3) is 3.20. The number of carbonyl (C=O) groups is 3. The Morgan fingerprint density at radius 3 is 2.65 bits per heavy atom. The zero-order valence-corrected chi connectivity index (χ0v) is 15.9. The van der Waals surface area contributed by atoms with Gasteiger partial charge in [0.2, 0.25) is 5.91 Å². The topological polar surface area (TPSA) is 78.5 Å². The molecular weight excluding hydrogens is 330 g/mol. The largest absolute Gasteiger partial charge is 0.350 e. The molecule has 6 nitrogen and oxygen atoms in total. The Hall–Kier alpha value is -2.37. The fraction of sp³-hybridized carbons (Fsp3) is 0.550. The summed E-state index contributed by atoms with van der Waals surface area (Å²) in [6.07, 6.45) is 3.94. The molecular formula is C20H27N3O3. The molecule has 1 saturated heterocycles. The van der Waals surface area contributed by atoms with Crippen LogP contribution < -0.4 is 10.6 Å². The molecule has 0 aromatic heterocycles. The van der Waals surface area contributed by atoms with Gasteiger partial charge in [-0.25, -0.2) is 4.79 Å². The summed E-state index contributed by atoms with van der Waals surface area (Å²) in [7, 11) is 0. The van der Waals surface area contributed by atoms with E-state index < -0.39 is 11.6 Å². The van der Waals surface area contributed by atoms with E-state index in [2.05, 4.69) is 10.6 Å². The number of nitrogens with zero attached hydrogens (tertiary/aromatic N) is 1. The number of hydrogen-bond acceptors (Lipinski definition) is 3. The summed E-state index contributed by atoms with van der Waals surface area (Å²) in [5, 5.41) is 5.64. The standard InChI is InChI=1S/C20H27N3O3/c1-5-19(2,3)21-16(24)12-23-17(25)20(4,22-18(23)26)15-10-9-13-7-6-8-14(13)11-15/h9-11H,5-8,12H2,1-4H3,(H,21,24)(H,22,26). The van der Waals surface area contributed by atoms with Crippen LogP contribution in [0.15, 0.2) is 18.2 Å². The second-order valence-corrected chi connectivity index (χ2v) is 8.07. The Morgan fingerprint density at radius 2 is 1.96 bits per heavy atom. The normalized spacial score (nSPS) is 22.4. The molecule has 2 N–H and O–H groups in total. The van der Waals surface area contributed by atoms with E-state index in [1.807, 2.05) is 39.0 Å². The molecule has 140 valence electrons. The predicted octanol–water partition coefficient (Wildman–Crippen LogP) is 2.25. The lowest BCUT2D eigenvalue weighted by Gasteiger charge is -2.26. The first kappa shape index (κ1) is 18.4. The minimum absolute atomic E-state index is 0.269. The molecule has 0 bridgehead atoms. The van der Waals surface area contributed by atoms with Crippen LogP contribution in [0.4, 0.5) is 4.79 Å². The minimum Gasteiger partial charge on any atom is -0.350 e. The van der Waals surface area contributed by atoms with Crippen LogP contribution in [0.1, 0.15) is 57.2 Å². The Morgan fingerprint density at radius 1 is 1.27 bits per heavy atom. The van der Waals surface area contributed by atoms with Crippen molar-refractivity contribution in [2.24, 2.45) is 0 Å². The number of carbonyl (C=O) groups excluding carboxylic acids is 3. The summed E-state index contributed by atoms with van der Waals surface area (Å²) in [5.74, 6) is -0.719. The number of nitrogens with one attached hydrogen (secondary N) is 2. The van der Waals surface area contributed by atoms with E-state index in [9.17, 15) is 14.4 Å². The van der Waals surface area contributed by atoms with Crippen molar-refractivity contribution >= 4 is 17.8 Å². The van der Waals surface area contributed by atoms with Gasteiger partial charge in [0.15, 0.2) is 0 Å². The molecule has 0 radical (unpaired) electrons. The minimum atomic E-state index is -1.13. The fourth-order valence-corrected chi connectivity index (χ4v) is 3.57. The summed E-state index contributed by atoms with van der Waals surface area (Å²) in [6, 6.07) is 5.44. The zero-order chi connectivity index (χ0) is 19.1. The van der Waals surface area contributed by atoms with Crippen molar-refractivity contribution in [2.75, 3.05) is 6.54 Å². The maximum absolute atomic E-state index is 13.0. The predicted molar refractivity (Wildman–Crippen MR) is 98.6 cm³/mol. The van der Waals surface area contributed by atoms with Crippen molar-refractivity contribution < 1.29 is 14.4 Å². The molecule has 0 saturated carbocycles. The van der Waals surface area contributed by atoms with Gasteiger partial charge in [-0.15, -0.1) is 0 Å². The van der Waals surface area contributed by atoms with E-state index in [1.165, 1.54) is 11.1 Å². The zero-order valence-electron chi connectivity index (χ0n) is 15.9. The molecule has 0 spiro atoms. The lowest BCUT2D eigenvalue weighted by Crippen LogP contribution is -2.49. The van der Waals surface area contributed by atoms with Gasteiger partial charge in [-0.2, -0.15) is 0 Å². The van der Waals surface area contributed by atoms with Crippen molar-refractivity contribution in [1.29, 1.82) is 0 Å². The van der Waals surface area contributed by atoms with Gasteiger partial charge in [-0.1, -0.05) is 25.1 Å². The Bertz CT molecular complexity index is 772. The van der Waals surface area contributed by atoms with Crippen molar-refractivity contribution in [2.45, 2.75) is 64.5 Å². The maximum Gasteiger partial charge on any atom is 0.325 e. The van der Waals surface area contributed by atoms with Gasteiger partial charge in [0.05, 0.1) is 0 Å². The van der Waals surface area contributed by atoms with Crippen LogP contribution in [-0.4, -0.2) is 34.8 Å². The highest BCUT2D eigenvalue weighted by atomic mass is 16.2. The number of imide groups is 1. The van der Waals surface area contributed by atoms with Crippen LogP contribution in [0.3, 0.4) is 0 Å². The van der Waals surface area contributed by atoms with Gasteiger partial charge in [-0.3, -0.25) is 14.5 Å². The molecule has 1 aromatic carbocycles. The van der Waals surface area contributed by atoms with Crippen molar-refractivity contribution in [3.63, 3.8) is 0 Å². The lowest BCUT2D eigenvalue weighted by molar-refractivity contribution is -0.135. The molecule has 1 aliphatic heterocycles. The van der Waals surface area contributed by atoms with Gasteiger partial charge < -0.3 is 10.6 Å². The van der Waals surface area contributed by atoms with E-state index in [0.29, 0.717) is 0 Å². The summed E-state index contributed by atoms with van der Waals surface area (Å²) < 4.78 is 0. The van der Waals surface area contributed by atoms with Gasteiger partial charge in [0, 0.05) is 5.54 Å². The van der Waals surface area contributed by atoms with Gasteiger partial charge in [-0.05, 0) is 63.1 Å².